The van der Waals surface area contributed by atoms with Crippen molar-refractivity contribution in [3.05, 3.63) is 59.7 Å². The maximum absolute atomic E-state index is 12.7. The largest absolute Gasteiger partial charge is 0.489 e. The van der Waals surface area contributed by atoms with Crippen LogP contribution in [0.2, 0.25) is 0 Å². The quantitative estimate of drug-likeness (QED) is 0.573. The molecule has 1 fully saturated rings. The number of morpholine rings is 1. The van der Waals surface area contributed by atoms with Gasteiger partial charge in [0, 0.05) is 19.6 Å². The van der Waals surface area contributed by atoms with E-state index in [2.05, 4.69) is 37.6 Å². The highest BCUT2D eigenvalue weighted by Gasteiger charge is 2.29. The molecular formula is C24H32N2O6S. The summed E-state index contributed by atoms with van der Waals surface area (Å²) in [6, 6.07) is 13.4. The first-order valence-electron chi connectivity index (χ1n) is 10.9. The minimum Gasteiger partial charge on any atom is -0.489 e. The summed E-state index contributed by atoms with van der Waals surface area (Å²) in [5.74, 6) is -0.524. The second kappa shape index (κ2) is 10.6. The molecule has 180 valence electrons. The Morgan fingerprint density at radius 1 is 1.09 bits per heavy atom. The molecule has 0 spiro atoms. The van der Waals surface area contributed by atoms with Gasteiger partial charge in [-0.2, -0.15) is 0 Å². The van der Waals surface area contributed by atoms with E-state index in [1.54, 1.807) is 17.0 Å². The molecule has 8 nitrogen and oxygen atoms in total. The average molecular weight is 477 g/mol. The van der Waals surface area contributed by atoms with E-state index >= 15 is 0 Å². The van der Waals surface area contributed by atoms with Gasteiger partial charge < -0.3 is 14.6 Å². The van der Waals surface area contributed by atoms with Crippen LogP contribution in [0.15, 0.2) is 53.4 Å². The fourth-order valence-corrected chi connectivity index (χ4v) is 4.55. The lowest BCUT2D eigenvalue weighted by Gasteiger charge is -2.31. The molecule has 0 amide bonds. The summed E-state index contributed by atoms with van der Waals surface area (Å²) < 4.78 is 38.8. The number of carboxylic acid groups (broad SMARTS) is 1. The lowest BCUT2D eigenvalue weighted by molar-refractivity contribution is -0.144. The van der Waals surface area contributed by atoms with Crippen molar-refractivity contribution < 1.29 is 27.8 Å². The standard InChI is InChI=1S/C24H32N2O6S/c1-24(2,3)19-6-4-18(5-7-19)17-32-20-8-10-21(11-9-20)33(29,30)25-16-22(23(27)28)26-12-14-31-15-13-26/h4-11,22,25H,12-17H2,1-3H3,(H,27,28)/t22-/m0/s1. The van der Waals surface area contributed by atoms with E-state index in [1.807, 2.05) is 12.1 Å². The number of aliphatic carboxylic acids is 1. The number of hydrogen-bond acceptors (Lipinski definition) is 6. The van der Waals surface area contributed by atoms with Gasteiger partial charge in [-0.15, -0.1) is 0 Å². The fourth-order valence-electron chi connectivity index (χ4n) is 3.52. The summed E-state index contributed by atoms with van der Waals surface area (Å²) >= 11 is 0. The molecular weight excluding hydrogens is 444 g/mol. The number of carbonyl (C=O) groups is 1. The molecule has 0 radical (unpaired) electrons. The number of sulfonamides is 1. The van der Waals surface area contributed by atoms with Crippen LogP contribution in [0, 0.1) is 0 Å². The summed E-state index contributed by atoms with van der Waals surface area (Å²) in [6.07, 6.45) is 0. The Morgan fingerprint density at radius 3 is 2.24 bits per heavy atom. The summed E-state index contributed by atoms with van der Waals surface area (Å²) in [4.78, 5) is 13.4. The van der Waals surface area contributed by atoms with Gasteiger partial charge in [0.15, 0.2) is 0 Å². The smallest absolute Gasteiger partial charge is 0.322 e. The van der Waals surface area contributed by atoms with Crippen molar-refractivity contribution in [1.29, 1.82) is 0 Å². The van der Waals surface area contributed by atoms with Crippen LogP contribution in [0.4, 0.5) is 0 Å². The number of hydrogen-bond donors (Lipinski definition) is 2. The monoisotopic (exact) mass is 476 g/mol. The Balaban J connectivity index is 1.57. The van der Waals surface area contributed by atoms with Crippen LogP contribution in [-0.4, -0.2) is 63.3 Å². The molecule has 0 saturated carbocycles. The summed E-state index contributed by atoms with van der Waals surface area (Å²) in [5, 5.41) is 9.50. The Morgan fingerprint density at radius 2 is 1.70 bits per heavy atom. The predicted molar refractivity (Wildman–Crippen MR) is 125 cm³/mol. The summed E-state index contributed by atoms with van der Waals surface area (Å²) in [6.45, 7) is 8.38. The molecule has 2 aromatic rings. The third kappa shape index (κ3) is 7.01. The van der Waals surface area contributed by atoms with Crippen molar-refractivity contribution in [2.75, 3.05) is 32.8 Å². The van der Waals surface area contributed by atoms with Gasteiger partial charge in [-0.3, -0.25) is 9.69 Å². The van der Waals surface area contributed by atoms with Crippen LogP contribution >= 0.6 is 0 Å². The van der Waals surface area contributed by atoms with E-state index in [1.165, 1.54) is 17.7 Å². The van der Waals surface area contributed by atoms with Gasteiger partial charge in [0.25, 0.3) is 0 Å². The van der Waals surface area contributed by atoms with Gasteiger partial charge in [-0.1, -0.05) is 45.0 Å². The third-order valence-corrected chi connectivity index (χ3v) is 7.04. The highest BCUT2D eigenvalue weighted by molar-refractivity contribution is 7.89. The first kappa shape index (κ1) is 25.2. The van der Waals surface area contributed by atoms with Crippen LogP contribution in [0.25, 0.3) is 0 Å². The van der Waals surface area contributed by atoms with Crippen molar-refractivity contribution in [2.45, 2.75) is 43.7 Å². The number of ether oxygens (including phenoxy) is 2. The third-order valence-electron chi connectivity index (χ3n) is 5.60. The minimum atomic E-state index is -3.86. The number of nitrogens with one attached hydrogen (secondary N) is 1. The number of nitrogens with zero attached hydrogens (tertiary/aromatic N) is 1. The molecule has 2 aromatic carbocycles. The zero-order chi connectivity index (χ0) is 24.1. The molecule has 3 rings (SSSR count). The van der Waals surface area contributed by atoms with Crippen molar-refractivity contribution in [1.82, 2.24) is 9.62 Å². The number of benzene rings is 2. The Hall–Kier alpha value is -2.46. The normalized spacial score (nSPS) is 16.3. The second-order valence-corrected chi connectivity index (χ2v) is 10.8. The lowest BCUT2D eigenvalue weighted by atomic mass is 9.87. The van der Waals surface area contributed by atoms with Gasteiger partial charge in [0.2, 0.25) is 10.0 Å². The molecule has 1 saturated heterocycles. The predicted octanol–water partition coefficient (Wildman–Crippen LogP) is 2.63. The first-order chi connectivity index (χ1) is 15.6. The zero-order valence-electron chi connectivity index (χ0n) is 19.3. The van der Waals surface area contributed by atoms with Crippen LogP contribution in [0.1, 0.15) is 31.9 Å². The average Bonchev–Trinajstić information content (AvgIpc) is 2.78. The minimum absolute atomic E-state index is 0.0514. The van der Waals surface area contributed by atoms with E-state index in [9.17, 15) is 18.3 Å². The molecule has 1 atom stereocenters. The van der Waals surface area contributed by atoms with Crippen molar-refractivity contribution in [2.24, 2.45) is 0 Å². The van der Waals surface area contributed by atoms with Crippen molar-refractivity contribution in [3.63, 3.8) is 0 Å². The molecule has 1 aliphatic rings. The van der Waals surface area contributed by atoms with Crippen molar-refractivity contribution >= 4 is 16.0 Å². The van der Waals surface area contributed by atoms with E-state index in [-0.39, 0.29) is 16.9 Å². The second-order valence-electron chi connectivity index (χ2n) is 9.06. The molecule has 0 unspecified atom stereocenters. The lowest BCUT2D eigenvalue weighted by Crippen LogP contribution is -2.52. The van der Waals surface area contributed by atoms with E-state index < -0.39 is 22.0 Å². The highest BCUT2D eigenvalue weighted by Crippen LogP contribution is 2.23. The molecule has 9 heteroatoms. The molecule has 0 aliphatic carbocycles. The number of rotatable bonds is 9. The highest BCUT2D eigenvalue weighted by atomic mass is 32.2. The Kier molecular flexibility index (Phi) is 8.12. The molecule has 1 aliphatic heterocycles. The van der Waals surface area contributed by atoms with E-state index in [0.29, 0.717) is 38.7 Å². The first-order valence-corrected chi connectivity index (χ1v) is 12.4. The topological polar surface area (TPSA) is 105 Å². The van der Waals surface area contributed by atoms with Crippen LogP contribution in [-0.2, 0) is 31.6 Å². The summed E-state index contributed by atoms with van der Waals surface area (Å²) in [7, 11) is -3.86. The molecule has 1 heterocycles. The van der Waals surface area contributed by atoms with E-state index in [4.69, 9.17) is 9.47 Å². The van der Waals surface area contributed by atoms with Gasteiger partial charge >= 0.3 is 5.97 Å². The van der Waals surface area contributed by atoms with Gasteiger partial charge in [-0.25, -0.2) is 13.1 Å². The van der Waals surface area contributed by atoms with Crippen LogP contribution in [0.5, 0.6) is 5.75 Å². The maximum Gasteiger partial charge on any atom is 0.322 e. The molecule has 0 aromatic heterocycles. The van der Waals surface area contributed by atoms with Gasteiger partial charge in [0.05, 0.1) is 18.1 Å². The SMILES string of the molecule is CC(C)(C)c1ccc(COc2ccc(S(=O)(=O)NC[C@@H](C(=O)O)N3CCOCC3)cc2)cc1. The zero-order valence-corrected chi connectivity index (χ0v) is 20.1. The Bertz CT molecular complexity index is 1020. The van der Waals surface area contributed by atoms with Crippen molar-refractivity contribution in [3.8, 4) is 5.75 Å². The molecule has 2 N–H and O–H groups in total. The van der Waals surface area contributed by atoms with Gasteiger partial charge in [-0.05, 0) is 40.8 Å². The van der Waals surface area contributed by atoms with E-state index in [0.717, 1.165) is 5.56 Å². The number of carboxylic acids is 1. The molecule has 33 heavy (non-hydrogen) atoms. The van der Waals surface area contributed by atoms with Crippen LogP contribution < -0.4 is 9.46 Å². The van der Waals surface area contributed by atoms with Crippen LogP contribution in [0.3, 0.4) is 0 Å². The summed E-state index contributed by atoms with van der Waals surface area (Å²) in [5.41, 5.74) is 2.35. The maximum atomic E-state index is 12.7. The van der Waals surface area contributed by atoms with Gasteiger partial charge in [0.1, 0.15) is 18.4 Å². The fraction of sp³-hybridized carbons (Fsp3) is 0.458. The Labute approximate surface area is 195 Å². The molecule has 0 bridgehead atoms.